The van der Waals surface area contributed by atoms with Crippen molar-refractivity contribution in [3.8, 4) is 0 Å². The SMILES string of the molecule is CC1CCCC(C)(C)C1C(C)(C)C.CC1CCCC(C)C1C(C)(C)C. The lowest BCUT2D eigenvalue weighted by Gasteiger charge is -2.50. The second-order valence-corrected chi connectivity index (χ2v) is 12.5. The Balaban J connectivity index is 0.000000251. The molecule has 2 aliphatic carbocycles. The molecule has 25 heavy (non-hydrogen) atoms. The summed E-state index contributed by atoms with van der Waals surface area (Å²) < 4.78 is 0. The minimum absolute atomic E-state index is 0.476. The van der Waals surface area contributed by atoms with Gasteiger partial charge in [-0.2, -0.15) is 0 Å². The summed E-state index contributed by atoms with van der Waals surface area (Å²) in [5, 5.41) is 0. The molecule has 4 unspecified atom stereocenters. The lowest BCUT2D eigenvalue weighted by atomic mass is 9.55. The van der Waals surface area contributed by atoms with E-state index in [1.807, 2.05) is 0 Å². The van der Waals surface area contributed by atoms with Crippen molar-refractivity contribution in [2.45, 2.75) is 115 Å². The van der Waals surface area contributed by atoms with Gasteiger partial charge in [-0.3, -0.25) is 0 Å². The molecule has 0 aromatic carbocycles. The summed E-state index contributed by atoms with van der Waals surface area (Å²) in [6.45, 7) is 26.6. The fourth-order valence-electron chi connectivity index (χ4n) is 7.39. The molecule has 0 heterocycles. The maximum Gasteiger partial charge on any atom is -0.0288 e. The van der Waals surface area contributed by atoms with Crippen LogP contribution in [0.3, 0.4) is 0 Å². The first-order valence-electron chi connectivity index (χ1n) is 11.2. The molecule has 0 aromatic heterocycles. The first kappa shape index (κ1) is 23.0. The van der Waals surface area contributed by atoms with Crippen LogP contribution in [0.25, 0.3) is 0 Å². The van der Waals surface area contributed by atoms with Crippen LogP contribution in [0, 0.1) is 45.8 Å². The van der Waals surface area contributed by atoms with Gasteiger partial charge in [0.1, 0.15) is 0 Å². The van der Waals surface area contributed by atoms with Crippen molar-refractivity contribution in [3.05, 3.63) is 0 Å². The van der Waals surface area contributed by atoms with Gasteiger partial charge in [-0.05, 0) is 52.3 Å². The molecule has 0 N–H and O–H groups in total. The van der Waals surface area contributed by atoms with Gasteiger partial charge in [-0.25, -0.2) is 0 Å². The summed E-state index contributed by atoms with van der Waals surface area (Å²) in [6.07, 6.45) is 8.64. The Hall–Kier alpha value is 0. The second kappa shape index (κ2) is 8.35. The molecule has 0 spiro atoms. The molecular formula is C25H50. The minimum atomic E-state index is 0.476. The Labute approximate surface area is 160 Å². The molecule has 0 aliphatic heterocycles. The third-order valence-corrected chi connectivity index (χ3v) is 7.37. The van der Waals surface area contributed by atoms with Crippen molar-refractivity contribution in [1.82, 2.24) is 0 Å². The van der Waals surface area contributed by atoms with Crippen LogP contribution < -0.4 is 0 Å². The topological polar surface area (TPSA) is 0 Å². The highest BCUT2D eigenvalue weighted by atomic mass is 14.5. The van der Waals surface area contributed by atoms with Crippen LogP contribution in [-0.4, -0.2) is 0 Å². The van der Waals surface area contributed by atoms with Crippen LogP contribution in [0.15, 0.2) is 0 Å². The van der Waals surface area contributed by atoms with E-state index in [0.29, 0.717) is 16.2 Å². The van der Waals surface area contributed by atoms with E-state index in [1.165, 1.54) is 38.5 Å². The van der Waals surface area contributed by atoms with E-state index >= 15 is 0 Å². The molecule has 2 rings (SSSR count). The molecule has 0 heteroatoms. The fraction of sp³-hybridized carbons (Fsp3) is 1.00. The van der Waals surface area contributed by atoms with E-state index in [4.69, 9.17) is 0 Å². The third-order valence-electron chi connectivity index (χ3n) is 7.37. The summed E-state index contributed by atoms with van der Waals surface area (Å²) in [7, 11) is 0. The summed E-state index contributed by atoms with van der Waals surface area (Å²) >= 11 is 0. The van der Waals surface area contributed by atoms with Gasteiger partial charge in [-0.15, -0.1) is 0 Å². The summed E-state index contributed by atoms with van der Waals surface area (Å²) in [6, 6.07) is 0. The second-order valence-electron chi connectivity index (χ2n) is 12.5. The normalized spacial score (nSPS) is 36.4. The van der Waals surface area contributed by atoms with Crippen LogP contribution in [0.5, 0.6) is 0 Å². The average Bonchev–Trinajstić information content (AvgIpc) is 2.34. The Morgan fingerprint density at radius 2 is 1.08 bits per heavy atom. The predicted molar refractivity (Wildman–Crippen MR) is 115 cm³/mol. The summed E-state index contributed by atoms with van der Waals surface area (Å²) in [4.78, 5) is 0. The smallest absolute Gasteiger partial charge is 0.0288 e. The van der Waals surface area contributed by atoms with E-state index in [1.54, 1.807) is 0 Å². The molecule has 150 valence electrons. The van der Waals surface area contributed by atoms with Gasteiger partial charge < -0.3 is 0 Å². The number of rotatable bonds is 0. The molecule has 2 saturated carbocycles. The van der Waals surface area contributed by atoms with Gasteiger partial charge in [0.05, 0.1) is 0 Å². The Bertz CT molecular complexity index is 379. The maximum atomic E-state index is 2.46. The van der Waals surface area contributed by atoms with Gasteiger partial charge in [0, 0.05) is 0 Å². The predicted octanol–water partition coefficient (Wildman–Crippen LogP) is 8.60. The van der Waals surface area contributed by atoms with Gasteiger partial charge >= 0.3 is 0 Å². The van der Waals surface area contributed by atoms with Crippen molar-refractivity contribution in [1.29, 1.82) is 0 Å². The van der Waals surface area contributed by atoms with Crippen molar-refractivity contribution in [2.75, 3.05) is 0 Å². The van der Waals surface area contributed by atoms with Crippen LogP contribution in [-0.2, 0) is 0 Å². The van der Waals surface area contributed by atoms with Gasteiger partial charge in [-0.1, -0.05) is 108 Å². The largest absolute Gasteiger partial charge is 0.0622 e. The zero-order valence-corrected chi connectivity index (χ0v) is 19.6. The molecule has 0 radical (unpaired) electrons. The van der Waals surface area contributed by atoms with Crippen molar-refractivity contribution in [2.24, 2.45) is 45.8 Å². The fourth-order valence-corrected chi connectivity index (χ4v) is 7.39. The lowest BCUT2D eigenvalue weighted by Crippen LogP contribution is -2.41. The molecule has 0 nitrogen and oxygen atoms in total. The van der Waals surface area contributed by atoms with Crippen LogP contribution in [0.4, 0.5) is 0 Å². The zero-order valence-electron chi connectivity index (χ0n) is 19.6. The zero-order chi connectivity index (χ0) is 19.6. The van der Waals surface area contributed by atoms with E-state index in [-0.39, 0.29) is 0 Å². The average molecular weight is 351 g/mol. The number of hydrogen-bond donors (Lipinski definition) is 0. The van der Waals surface area contributed by atoms with Gasteiger partial charge in [0.15, 0.2) is 0 Å². The van der Waals surface area contributed by atoms with Gasteiger partial charge in [0.2, 0.25) is 0 Å². The minimum Gasteiger partial charge on any atom is -0.0622 e. The molecular weight excluding hydrogens is 300 g/mol. The standard InChI is InChI=1S/C13H26.C12H24/c1-10-8-7-9-13(5,6)11(10)12(2,3)4;1-9-7-6-8-10(2)11(9)12(3,4)5/h10-11H,7-9H2,1-6H3;9-11H,6-8H2,1-5H3. The summed E-state index contributed by atoms with van der Waals surface area (Å²) in [5.74, 6) is 4.60. The van der Waals surface area contributed by atoms with Gasteiger partial charge in [0.25, 0.3) is 0 Å². The monoisotopic (exact) mass is 350 g/mol. The van der Waals surface area contributed by atoms with E-state index in [9.17, 15) is 0 Å². The molecule has 0 aromatic rings. The lowest BCUT2D eigenvalue weighted by molar-refractivity contribution is -0.00238. The van der Waals surface area contributed by atoms with Crippen LogP contribution >= 0.6 is 0 Å². The van der Waals surface area contributed by atoms with Crippen molar-refractivity contribution >= 4 is 0 Å². The van der Waals surface area contributed by atoms with E-state index in [2.05, 4.69) is 76.2 Å². The maximum absolute atomic E-state index is 2.46. The Morgan fingerprint density at radius 3 is 1.36 bits per heavy atom. The molecule has 0 saturated heterocycles. The van der Waals surface area contributed by atoms with E-state index in [0.717, 1.165) is 29.6 Å². The van der Waals surface area contributed by atoms with Crippen molar-refractivity contribution in [3.63, 3.8) is 0 Å². The molecule has 2 fully saturated rings. The third kappa shape index (κ3) is 6.28. The first-order chi connectivity index (χ1) is 11.2. The highest BCUT2D eigenvalue weighted by Crippen LogP contribution is 2.51. The van der Waals surface area contributed by atoms with Crippen LogP contribution in [0.2, 0.25) is 0 Å². The molecule has 2 aliphatic rings. The molecule has 0 bridgehead atoms. The highest BCUT2D eigenvalue weighted by Gasteiger charge is 2.43. The quantitative estimate of drug-likeness (QED) is 0.410. The van der Waals surface area contributed by atoms with Crippen LogP contribution in [0.1, 0.15) is 115 Å². The van der Waals surface area contributed by atoms with Crippen molar-refractivity contribution < 1.29 is 0 Å². The first-order valence-corrected chi connectivity index (χ1v) is 11.2. The highest BCUT2D eigenvalue weighted by molar-refractivity contribution is 4.92. The number of hydrogen-bond acceptors (Lipinski definition) is 0. The molecule has 0 amide bonds. The Morgan fingerprint density at radius 1 is 0.640 bits per heavy atom. The van der Waals surface area contributed by atoms with E-state index < -0.39 is 0 Å². The Kier molecular flexibility index (Phi) is 7.69. The molecule has 4 atom stereocenters. The summed E-state index contributed by atoms with van der Waals surface area (Å²) in [5.41, 5.74) is 1.54.